The van der Waals surface area contributed by atoms with Crippen LogP contribution < -0.4 is 21.3 Å². The lowest BCUT2D eigenvalue weighted by Gasteiger charge is -2.24. The van der Waals surface area contributed by atoms with Gasteiger partial charge in [0.25, 0.3) is 11.1 Å². The minimum Gasteiger partial charge on any atom is -0.444 e. The Balaban J connectivity index is 0.000000192. The third-order valence-corrected chi connectivity index (χ3v) is 19.1. The van der Waals surface area contributed by atoms with Gasteiger partial charge in [0.05, 0.1) is 47.0 Å². The lowest BCUT2D eigenvalue weighted by atomic mass is 9.86. The van der Waals surface area contributed by atoms with Gasteiger partial charge in [-0.05, 0) is 110 Å². The molecule has 4 heterocycles. The number of anilines is 2. The molecule has 0 saturated heterocycles. The fourth-order valence-electron chi connectivity index (χ4n) is 10.4. The Hall–Kier alpha value is -7.36. The van der Waals surface area contributed by atoms with Gasteiger partial charge in [-0.2, -0.15) is 10.2 Å². The third kappa shape index (κ3) is 20.9. The zero-order valence-electron chi connectivity index (χ0n) is 51.4. The molecule has 4 aromatic carbocycles. The van der Waals surface area contributed by atoms with Crippen LogP contribution >= 0.6 is 11.6 Å². The molecule has 460 valence electrons. The molecule has 0 atom stereocenters. The van der Waals surface area contributed by atoms with Crippen LogP contribution in [0.15, 0.2) is 155 Å². The molecule has 2 fully saturated rings. The van der Waals surface area contributed by atoms with Crippen LogP contribution in [-0.2, 0) is 58.0 Å². The van der Waals surface area contributed by atoms with Crippen molar-refractivity contribution in [3.8, 4) is 0 Å². The van der Waals surface area contributed by atoms with Gasteiger partial charge < -0.3 is 18.9 Å². The molecule has 8 aromatic rings. The number of aromatic nitrogens is 6. The number of ether oxygens (including phenoxy) is 4. The number of hydrogen-bond donors (Lipinski definition) is 1. The molecule has 0 aliphatic heterocycles. The molecular formula is C68H85ClN8O8Si2. The Bertz CT molecular complexity index is 3610. The highest BCUT2D eigenvalue weighted by atomic mass is 35.5. The van der Waals surface area contributed by atoms with Crippen LogP contribution in [0.25, 0.3) is 21.5 Å². The Labute approximate surface area is 518 Å². The number of benzene rings is 4. The molecule has 0 radical (unpaired) electrons. The molecule has 87 heavy (non-hydrogen) atoms. The number of hydrogen-bond acceptors (Lipinski definition) is 12. The molecule has 0 bridgehead atoms. The number of pyridine rings is 2. The fraction of sp³-hybridized carbons (Fsp3) is 0.412. The number of amides is 2. The normalized spacial score (nSPS) is 13.9. The molecule has 2 aliphatic rings. The van der Waals surface area contributed by atoms with E-state index in [0.29, 0.717) is 63.8 Å². The van der Waals surface area contributed by atoms with Crippen molar-refractivity contribution in [1.82, 2.24) is 29.5 Å². The molecule has 0 spiro atoms. The van der Waals surface area contributed by atoms with E-state index in [1.807, 2.05) is 84.9 Å². The molecule has 2 saturated carbocycles. The van der Waals surface area contributed by atoms with Crippen molar-refractivity contribution in [1.29, 1.82) is 0 Å². The highest BCUT2D eigenvalue weighted by Crippen LogP contribution is 2.33. The summed E-state index contributed by atoms with van der Waals surface area (Å²) in [6.45, 7) is 15.8. The van der Waals surface area contributed by atoms with Crippen molar-refractivity contribution in [3.63, 3.8) is 0 Å². The van der Waals surface area contributed by atoms with Crippen LogP contribution in [0.3, 0.4) is 0 Å². The molecule has 1 N–H and O–H groups in total. The first-order chi connectivity index (χ1) is 42.0. The number of nitrogens with zero attached hydrogens (tertiary/aromatic N) is 7. The van der Waals surface area contributed by atoms with Gasteiger partial charge in [0, 0.05) is 74.7 Å². The van der Waals surface area contributed by atoms with Gasteiger partial charge in [0.15, 0.2) is 0 Å². The number of nitrogens with one attached hydrogen (secondary N) is 1. The van der Waals surface area contributed by atoms with Crippen LogP contribution in [0.5, 0.6) is 0 Å². The van der Waals surface area contributed by atoms with Crippen molar-refractivity contribution >= 4 is 72.9 Å². The molecule has 2 aliphatic carbocycles. The van der Waals surface area contributed by atoms with Crippen LogP contribution in [-0.4, -0.2) is 71.1 Å². The van der Waals surface area contributed by atoms with Gasteiger partial charge in [0.1, 0.15) is 26.7 Å². The number of carbonyl (C=O) groups excluding carboxylic acids is 2. The first-order valence-electron chi connectivity index (χ1n) is 30.6. The van der Waals surface area contributed by atoms with E-state index < -0.39 is 28.3 Å². The van der Waals surface area contributed by atoms with Crippen LogP contribution in [0.2, 0.25) is 51.4 Å². The summed E-state index contributed by atoms with van der Waals surface area (Å²) in [7, 11) is -2.40. The average Bonchev–Trinajstić information content (AvgIpc) is 2.24. The smallest absolute Gasteiger partial charge is 0.414 e. The maximum atomic E-state index is 13.6. The van der Waals surface area contributed by atoms with Crippen molar-refractivity contribution in [3.05, 3.63) is 200 Å². The van der Waals surface area contributed by atoms with Crippen molar-refractivity contribution in [2.75, 3.05) is 23.4 Å². The van der Waals surface area contributed by atoms with Gasteiger partial charge in [-0.3, -0.25) is 29.8 Å². The van der Waals surface area contributed by atoms with E-state index in [0.717, 1.165) is 53.1 Å². The second kappa shape index (κ2) is 32.6. The van der Waals surface area contributed by atoms with E-state index in [9.17, 15) is 19.2 Å². The second-order valence-corrected chi connectivity index (χ2v) is 36.4. The van der Waals surface area contributed by atoms with E-state index in [1.165, 1.54) is 66.4 Å². The van der Waals surface area contributed by atoms with Crippen LogP contribution in [0.1, 0.15) is 110 Å². The summed E-state index contributed by atoms with van der Waals surface area (Å²) in [5, 5.41) is 13.5. The monoisotopic (exact) mass is 1230 g/mol. The summed E-state index contributed by atoms with van der Waals surface area (Å²) in [5.74, 6) is 1.67. The Morgan fingerprint density at radius 1 is 0.575 bits per heavy atom. The van der Waals surface area contributed by atoms with Gasteiger partial charge in [-0.25, -0.2) is 19.0 Å². The number of fused-ring (bicyclic) bond motifs is 2. The first kappa shape index (κ1) is 65.6. The van der Waals surface area contributed by atoms with Crippen molar-refractivity contribution < 1.29 is 28.5 Å². The summed E-state index contributed by atoms with van der Waals surface area (Å²) in [5.41, 5.74) is 6.65. The van der Waals surface area contributed by atoms with Gasteiger partial charge in [-0.1, -0.05) is 151 Å². The maximum Gasteiger partial charge on any atom is 0.414 e. The molecule has 10 rings (SSSR count). The van der Waals surface area contributed by atoms with E-state index >= 15 is 0 Å². The SMILES string of the molecule is C[Si](C)(C)CCOCn1ncc2cc(N(Cc3cccc(C4CCCCC4)n3)C(=O)OCc3ccccc3)ccc2c1=O.C[Si](C)(C)CCOCn1ncc2cc(NC(=O)OCc3ccccc3)ccc2c1=O.ClCc1cccc(C2CCCCC2)n1. The molecule has 19 heteroatoms. The van der Waals surface area contributed by atoms with E-state index in [4.69, 9.17) is 35.5 Å². The quantitative estimate of drug-likeness (QED) is 0.0409. The van der Waals surface area contributed by atoms with Gasteiger partial charge in [-0.15, -0.1) is 11.6 Å². The highest BCUT2D eigenvalue weighted by Gasteiger charge is 2.23. The van der Waals surface area contributed by atoms with E-state index in [2.05, 4.69) is 78.0 Å². The highest BCUT2D eigenvalue weighted by molar-refractivity contribution is 6.76. The lowest BCUT2D eigenvalue weighted by Crippen LogP contribution is -2.31. The summed E-state index contributed by atoms with van der Waals surface area (Å²) in [6.07, 6.45) is 15.0. The summed E-state index contributed by atoms with van der Waals surface area (Å²) in [6, 6.07) is 43.8. The van der Waals surface area contributed by atoms with Gasteiger partial charge >= 0.3 is 12.2 Å². The Kier molecular flexibility index (Phi) is 24.6. The average molecular weight is 1230 g/mol. The second-order valence-electron chi connectivity index (χ2n) is 24.9. The first-order valence-corrected chi connectivity index (χ1v) is 38.5. The van der Waals surface area contributed by atoms with Crippen molar-refractivity contribution in [2.24, 2.45) is 0 Å². The minimum atomic E-state index is -1.22. The minimum absolute atomic E-state index is 0.113. The molecule has 4 aromatic heterocycles. The number of rotatable bonds is 21. The number of alkyl halides is 1. The Morgan fingerprint density at radius 3 is 1.57 bits per heavy atom. The summed E-state index contributed by atoms with van der Waals surface area (Å²) in [4.78, 5) is 62.6. The number of carbonyl (C=O) groups is 2. The molecular weight excluding hydrogens is 1150 g/mol. The van der Waals surface area contributed by atoms with E-state index in [-0.39, 0.29) is 44.3 Å². The van der Waals surface area contributed by atoms with E-state index in [1.54, 1.807) is 47.6 Å². The lowest BCUT2D eigenvalue weighted by molar-refractivity contribution is 0.0754. The predicted molar refractivity (Wildman–Crippen MR) is 353 cm³/mol. The van der Waals surface area contributed by atoms with Gasteiger partial charge in [0.2, 0.25) is 0 Å². The van der Waals surface area contributed by atoms with Crippen LogP contribution in [0.4, 0.5) is 21.0 Å². The number of halogens is 1. The maximum absolute atomic E-state index is 13.6. The van der Waals surface area contributed by atoms with Crippen molar-refractivity contribution in [2.45, 2.75) is 167 Å². The zero-order chi connectivity index (χ0) is 61.6. The predicted octanol–water partition coefficient (Wildman–Crippen LogP) is 15.8. The summed E-state index contributed by atoms with van der Waals surface area (Å²) >= 11 is 5.78. The third-order valence-electron chi connectivity index (χ3n) is 15.5. The zero-order valence-corrected chi connectivity index (χ0v) is 54.2. The topological polar surface area (TPSA) is 182 Å². The summed E-state index contributed by atoms with van der Waals surface area (Å²) < 4.78 is 25.0. The standard InChI is InChI=1S/C34H42N4O4Si.C22H27N3O4Si.C12H16ClN/c1-43(2,3)20-19-41-25-38-33(39)31-18-17-30(21-28(31)22-35-38)37(34(40)42-24-26-11-6-4-7-12-26)23-29-15-10-16-32(36-29)27-13-8-5-9-14-27;1-30(2,3)12-11-28-16-25-21(26)20-10-9-19(13-18(20)14-23-25)24-22(27)29-15-17-7-5-4-6-8-17;13-9-11-7-4-8-12(14-11)10-5-2-1-3-6-10/h4,6-7,10-12,15-18,21-22,27H,5,8-9,13-14,19-20,23-25H2,1-3H3;4-10,13-14H,11-12,15-16H2,1-3H3,(H,24,27);4,7-8,10H,1-3,5-6,9H2. The molecule has 2 amide bonds. The Morgan fingerprint density at radius 2 is 1.06 bits per heavy atom. The fourth-order valence-corrected chi connectivity index (χ4v) is 12.0. The molecule has 0 unspecified atom stereocenters. The van der Waals surface area contributed by atoms with Crippen LogP contribution in [0, 0.1) is 0 Å². The largest absolute Gasteiger partial charge is 0.444 e. The molecule has 16 nitrogen and oxygen atoms in total.